The molecular weight excluding hydrogens is 252 g/mol. The van der Waals surface area contributed by atoms with E-state index in [-0.39, 0.29) is 0 Å². The van der Waals surface area contributed by atoms with E-state index in [9.17, 15) is 0 Å². The first kappa shape index (κ1) is 17.4. The van der Waals surface area contributed by atoms with Crippen LogP contribution in [0.1, 0.15) is 86.5 Å². The van der Waals surface area contributed by atoms with Gasteiger partial charge in [0.15, 0.2) is 0 Å². The van der Waals surface area contributed by atoms with Gasteiger partial charge in [-0.2, -0.15) is 0 Å². The molecule has 0 heterocycles. The topological polar surface area (TPSA) is 0 Å². The van der Waals surface area contributed by atoms with Gasteiger partial charge in [0, 0.05) is 0 Å². The highest BCUT2D eigenvalue weighted by atomic mass is 14.4. The van der Waals surface area contributed by atoms with Crippen LogP contribution in [0.5, 0.6) is 0 Å². The van der Waals surface area contributed by atoms with Gasteiger partial charge in [-0.15, -0.1) is 0 Å². The van der Waals surface area contributed by atoms with E-state index < -0.39 is 0 Å². The SMILES string of the molecule is CCC1CC(CC2CC(C)C(C)C(CC)C2)CC(C)C1C. The lowest BCUT2D eigenvalue weighted by molar-refractivity contribution is 0.0724. The predicted molar refractivity (Wildman–Crippen MR) is 94.3 cm³/mol. The Morgan fingerprint density at radius 2 is 1.00 bits per heavy atom. The van der Waals surface area contributed by atoms with Gasteiger partial charge in [0.2, 0.25) is 0 Å². The molecule has 124 valence electrons. The Morgan fingerprint density at radius 1 is 0.619 bits per heavy atom. The summed E-state index contributed by atoms with van der Waals surface area (Å²) in [6, 6.07) is 0. The fourth-order valence-corrected chi connectivity index (χ4v) is 5.82. The molecule has 0 radical (unpaired) electrons. The summed E-state index contributed by atoms with van der Waals surface area (Å²) in [4.78, 5) is 0. The Bertz CT molecular complexity index is 277. The molecule has 0 spiro atoms. The molecule has 0 saturated heterocycles. The van der Waals surface area contributed by atoms with E-state index in [1.807, 2.05) is 0 Å². The van der Waals surface area contributed by atoms with Crippen molar-refractivity contribution in [2.75, 3.05) is 0 Å². The van der Waals surface area contributed by atoms with Crippen molar-refractivity contribution in [3.05, 3.63) is 0 Å². The van der Waals surface area contributed by atoms with Gasteiger partial charge in [-0.25, -0.2) is 0 Å². The van der Waals surface area contributed by atoms with Crippen molar-refractivity contribution in [1.82, 2.24) is 0 Å². The Kier molecular flexibility index (Phi) is 6.21. The van der Waals surface area contributed by atoms with Crippen LogP contribution in [0.4, 0.5) is 0 Å². The highest BCUT2D eigenvalue weighted by molar-refractivity contribution is 4.86. The van der Waals surface area contributed by atoms with Crippen LogP contribution in [-0.2, 0) is 0 Å². The standard InChI is InChI=1S/C21H40/c1-7-20-12-18(9-14(3)16(20)5)11-19-10-15(4)17(6)21(8-2)13-19/h14-21H,7-13H2,1-6H3. The maximum Gasteiger partial charge on any atom is -0.0386 e. The number of rotatable bonds is 4. The van der Waals surface area contributed by atoms with E-state index in [1.165, 1.54) is 38.5 Å². The van der Waals surface area contributed by atoms with Crippen molar-refractivity contribution in [1.29, 1.82) is 0 Å². The van der Waals surface area contributed by atoms with E-state index in [0.717, 1.165) is 47.3 Å². The zero-order valence-electron chi connectivity index (χ0n) is 15.6. The molecule has 0 aliphatic heterocycles. The third-order valence-corrected chi connectivity index (χ3v) is 7.68. The fourth-order valence-electron chi connectivity index (χ4n) is 5.82. The van der Waals surface area contributed by atoms with Crippen molar-refractivity contribution >= 4 is 0 Å². The maximum absolute atomic E-state index is 2.51. The molecule has 0 nitrogen and oxygen atoms in total. The quantitative estimate of drug-likeness (QED) is 0.535. The highest BCUT2D eigenvalue weighted by Gasteiger charge is 2.36. The first-order valence-electron chi connectivity index (χ1n) is 9.96. The van der Waals surface area contributed by atoms with Crippen molar-refractivity contribution in [3.63, 3.8) is 0 Å². The zero-order chi connectivity index (χ0) is 15.6. The smallest absolute Gasteiger partial charge is 0.0386 e. The van der Waals surface area contributed by atoms with Crippen molar-refractivity contribution in [2.45, 2.75) is 86.5 Å². The lowest BCUT2D eigenvalue weighted by Gasteiger charge is -2.43. The number of hydrogen-bond donors (Lipinski definition) is 0. The molecule has 2 rings (SSSR count). The largest absolute Gasteiger partial charge is 0.0651 e. The summed E-state index contributed by atoms with van der Waals surface area (Å²) in [5.74, 6) is 7.89. The lowest BCUT2D eigenvalue weighted by atomic mass is 9.62. The molecule has 0 bridgehead atoms. The van der Waals surface area contributed by atoms with Gasteiger partial charge in [0.25, 0.3) is 0 Å². The van der Waals surface area contributed by atoms with E-state index in [2.05, 4.69) is 41.5 Å². The summed E-state index contributed by atoms with van der Waals surface area (Å²) < 4.78 is 0. The van der Waals surface area contributed by atoms with Crippen LogP contribution < -0.4 is 0 Å². The first-order valence-corrected chi connectivity index (χ1v) is 9.96. The van der Waals surface area contributed by atoms with Crippen LogP contribution in [0.2, 0.25) is 0 Å². The second-order valence-electron chi connectivity index (χ2n) is 8.92. The average Bonchev–Trinajstić information content (AvgIpc) is 2.46. The van der Waals surface area contributed by atoms with Gasteiger partial charge in [0.05, 0.1) is 0 Å². The Morgan fingerprint density at radius 3 is 1.33 bits per heavy atom. The molecule has 2 fully saturated rings. The third-order valence-electron chi connectivity index (χ3n) is 7.68. The predicted octanol–water partition coefficient (Wildman–Crippen LogP) is 6.79. The van der Waals surface area contributed by atoms with E-state index in [0.29, 0.717) is 0 Å². The summed E-state index contributed by atoms with van der Waals surface area (Å²) in [5, 5.41) is 0. The molecule has 0 amide bonds. The molecular formula is C21H40. The average molecular weight is 293 g/mol. The van der Waals surface area contributed by atoms with Crippen LogP contribution in [0.3, 0.4) is 0 Å². The van der Waals surface area contributed by atoms with Crippen molar-refractivity contribution in [3.8, 4) is 0 Å². The summed E-state index contributed by atoms with van der Waals surface area (Å²) >= 11 is 0. The van der Waals surface area contributed by atoms with Crippen LogP contribution in [-0.4, -0.2) is 0 Å². The summed E-state index contributed by atoms with van der Waals surface area (Å²) in [6.07, 6.45) is 10.4. The van der Waals surface area contributed by atoms with Gasteiger partial charge in [0.1, 0.15) is 0 Å². The molecule has 8 unspecified atom stereocenters. The highest BCUT2D eigenvalue weighted by Crippen LogP contribution is 2.46. The summed E-state index contributed by atoms with van der Waals surface area (Å²) in [6.45, 7) is 14.9. The Balaban J connectivity index is 1.92. The molecule has 0 aromatic heterocycles. The van der Waals surface area contributed by atoms with Crippen molar-refractivity contribution in [2.24, 2.45) is 47.3 Å². The van der Waals surface area contributed by atoms with Crippen LogP contribution in [0.15, 0.2) is 0 Å². The summed E-state index contributed by atoms with van der Waals surface area (Å²) in [5.41, 5.74) is 0. The van der Waals surface area contributed by atoms with Gasteiger partial charge >= 0.3 is 0 Å². The Labute approximate surface area is 134 Å². The molecule has 0 aromatic rings. The molecule has 0 heteroatoms. The molecule has 2 aliphatic carbocycles. The van der Waals surface area contributed by atoms with Gasteiger partial charge < -0.3 is 0 Å². The molecule has 0 N–H and O–H groups in total. The molecule has 21 heavy (non-hydrogen) atoms. The molecule has 8 atom stereocenters. The van der Waals surface area contributed by atoms with Gasteiger partial charge in [-0.3, -0.25) is 0 Å². The maximum atomic E-state index is 2.51. The minimum atomic E-state index is 0.954. The van der Waals surface area contributed by atoms with Gasteiger partial charge in [-0.05, 0) is 79.4 Å². The zero-order valence-corrected chi connectivity index (χ0v) is 15.6. The van der Waals surface area contributed by atoms with Gasteiger partial charge in [-0.1, -0.05) is 54.4 Å². The van der Waals surface area contributed by atoms with Crippen LogP contribution in [0, 0.1) is 47.3 Å². The minimum Gasteiger partial charge on any atom is -0.0651 e. The van der Waals surface area contributed by atoms with E-state index in [4.69, 9.17) is 0 Å². The third kappa shape index (κ3) is 4.05. The summed E-state index contributed by atoms with van der Waals surface area (Å²) in [7, 11) is 0. The molecule has 2 aliphatic rings. The molecule has 0 aromatic carbocycles. The lowest BCUT2D eigenvalue weighted by Crippen LogP contribution is -2.33. The minimum absolute atomic E-state index is 0.954. The Hall–Kier alpha value is 0. The van der Waals surface area contributed by atoms with Crippen molar-refractivity contribution < 1.29 is 0 Å². The van der Waals surface area contributed by atoms with Crippen LogP contribution >= 0.6 is 0 Å². The monoisotopic (exact) mass is 292 g/mol. The van der Waals surface area contributed by atoms with Crippen LogP contribution in [0.25, 0.3) is 0 Å². The second-order valence-corrected chi connectivity index (χ2v) is 8.92. The van der Waals surface area contributed by atoms with E-state index >= 15 is 0 Å². The first-order chi connectivity index (χ1) is 9.96. The molecule has 2 saturated carbocycles. The second kappa shape index (κ2) is 7.51. The normalized spacial score (nSPS) is 48.3. The fraction of sp³-hybridized carbons (Fsp3) is 1.00. The van der Waals surface area contributed by atoms with E-state index in [1.54, 1.807) is 6.42 Å². The number of hydrogen-bond acceptors (Lipinski definition) is 0.